The molecule has 33 heavy (non-hydrogen) atoms. The van der Waals surface area contributed by atoms with Gasteiger partial charge in [-0.3, -0.25) is 9.69 Å². The van der Waals surface area contributed by atoms with Crippen LogP contribution in [0.2, 0.25) is 0 Å². The Balaban J connectivity index is 1.40. The van der Waals surface area contributed by atoms with Crippen molar-refractivity contribution in [3.05, 3.63) is 23.5 Å². The molecule has 3 aliphatic rings. The van der Waals surface area contributed by atoms with Gasteiger partial charge in [0.1, 0.15) is 0 Å². The van der Waals surface area contributed by atoms with E-state index < -0.39 is 5.97 Å². The molecule has 4 rings (SSSR count). The summed E-state index contributed by atoms with van der Waals surface area (Å²) >= 11 is 0. The lowest BCUT2D eigenvalue weighted by Crippen LogP contribution is -2.52. The number of amides is 1. The molecule has 0 aliphatic carbocycles. The average molecular weight is 459 g/mol. The molecule has 0 spiro atoms. The van der Waals surface area contributed by atoms with E-state index in [9.17, 15) is 9.59 Å². The summed E-state index contributed by atoms with van der Waals surface area (Å²) in [5.41, 5.74) is 1.42. The topological polar surface area (TPSA) is 92.6 Å². The molecule has 4 atom stereocenters. The predicted molar refractivity (Wildman–Crippen MR) is 125 cm³/mol. The second kappa shape index (κ2) is 10.8. The van der Waals surface area contributed by atoms with Crippen molar-refractivity contribution in [2.45, 2.75) is 70.5 Å². The normalized spacial score (nSPS) is 28.2. The number of hydrogen-bond donors (Lipinski definition) is 1. The van der Waals surface area contributed by atoms with E-state index in [-0.39, 0.29) is 23.7 Å². The van der Waals surface area contributed by atoms with E-state index in [1.807, 2.05) is 0 Å². The van der Waals surface area contributed by atoms with Crippen molar-refractivity contribution in [1.82, 2.24) is 30.1 Å². The highest BCUT2D eigenvalue weighted by molar-refractivity contribution is 5.86. The summed E-state index contributed by atoms with van der Waals surface area (Å²) < 4.78 is 6.45. The van der Waals surface area contributed by atoms with Gasteiger partial charge in [0.25, 0.3) is 0 Å². The molecule has 3 aliphatic heterocycles. The standard InChI is InChI=1S/C24H38N6O3/c1-17(2)9-12-29-15-19(30-16-20(26-27-30)24(32)33-3)13-22(29)23(31)25-14-18-7-6-11-28-10-5-4-8-21(18)28/h9,16,18-19,21-22H,4-8,10-15H2,1-3H3,(H,25,31)/t18-,19-,21+,22-/m0/s1. The number of rotatable bonds is 7. The Morgan fingerprint density at radius 2 is 2.03 bits per heavy atom. The van der Waals surface area contributed by atoms with Gasteiger partial charge >= 0.3 is 5.97 Å². The molecule has 1 aromatic rings. The molecular weight excluding hydrogens is 420 g/mol. The molecule has 0 aromatic carbocycles. The summed E-state index contributed by atoms with van der Waals surface area (Å²) in [6, 6.07) is 0.390. The van der Waals surface area contributed by atoms with Gasteiger partial charge in [0.2, 0.25) is 5.91 Å². The van der Waals surface area contributed by atoms with Crippen molar-refractivity contribution in [1.29, 1.82) is 0 Å². The minimum absolute atomic E-state index is 0.0132. The molecule has 0 radical (unpaired) electrons. The number of methoxy groups -OCH3 is 1. The van der Waals surface area contributed by atoms with Crippen LogP contribution in [-0.2, 0) is 9.53 Å². The van der Waals surface area contributed by atoms with Gasteiger partial charge in [-0.25, -0.2) is 9.48 Å². The Morgan fingerprint density at radius 1 is 1.21 bits per heavy atom. The lowest BCUT2D eigenvalue weighted by atomic mass is 9.83. The Bertz CT molecular complexity index is 862. The zero-order valence-corrected chi connectivity index (χ0v) is 20.2. The van der Waals surface area contributed by atoms with E-state index in [0.29, 0.717) is 24.9 Å². The number of carbonyl (C=O) groups excluding carboxylic acids is 2. The first-order valence-electron chi connectivity index (χ1n) is 12.4. The number of carbonyl (C=O) groups is 2. The van der Waals surface area contributed by atoms with Gasteiger partial charge < -0.3 is 15.0 Å². The van der Waals surface area contributed by atoms with Crippen LogP contribution < -0.4 is 5.32 Å². The molecule has 1 N–H and O–H groups in total. The van der Waals surface area contributed by atoms with Gasteiger partial charge in [-0.2, -0.15) is 0 Å². The first-order chi connectivity index (χ1) is 16.0. The zero-order chi connectivity index (χ0) is 23.4. The van der Waals surface area contributed by atoms with Gasteiger partial charge in [0, 0.05) is 25.7 Å². The fourth-order valence-electron chi connectivity index (χ4n) is 5.66. The molecule has 9 heteroatoms. The van der Waals surface area contributed by atoms with Gasteiger partial charge in [-0.1, -0.05) is 23.3 Å². The number of esters is 1. The fraction of sp³-hybridized carbons (Fsp3) is 0.750. The minimum atomic E-state index is -0.501. The van der Waals surface area contributed by atoms with Crippen LogP contribution in [-0.4, -0.2) is 88.6 Å². The molecule has 3 saturated heterocycles. The molecule has 0 bridgehead atoms. The van der Waals surface area contributed by atoms with Gasteiger partial charge in [-0.05, 0) is 65.0 Å². The number of allylic oxidation sites excluding steroid dienone is 1. The van der Waals surface area contributed by atoms with Gasteiger partial charge in [0.05, 0.1) is 25.4 Å². The van der Waals surface area contributed by atoms with E-state index >= 15 is 0 Å². The molecular formula is C24H38N6O3. The Kier molecular flexibility index (Phi) is 7.80. The van der Waals surface area contributed by atoms with Crippen molar-refractivity contribution in [3.63, 3.8) is 0 Å². The maximum Gasteiger partial charge on any atom is 0.360 e. The third-order valence-electron chi connectivity index (χ3n) is 7.46. The minimum Gasteiger partial charge on any atom is -0.464 e. The van der Waals surface area contributed by atoms with Gasteiger partial charge in [0.15, 0.2) is 5.69 Å². The highest BCUT2D eigenvalue weighted by Gasteiger charge is 2.39. The predicted octanol–water partition coefficient (Wildman–Crippen LogP) is 2.03. The zero-order valence-electron chi connectivity index (χ0n) is 20.2. The van der Waals surface area contributed by atoms with Crippen LogP contribution >= 0.6 is 0 Å². The van der Waals surface area contributed by atoms with Gasteiger partial charge in [-0.15, -0.1) is 5.10 Å². The number of aromatic nitrogens is 3. The Morgan fingerprint density at radius 3 is 2.82 bits per heavy atom. The van der Waals surface area contributed by atoms with Crippen molar-refractivity contribution in [2.24, 2.45) is 5.92 Å². The fourth-order valence-corrected chi connectivity index (χ4v) is 5.66. The molecule has 0 unspecified atom stereocenters. The lowest BCUT2D eigenvalue weighted by molar-refractivity contribution is -0.125. The molecule has 0 saturated carbocycles. The summed E-state index contributed by atoms with van der Waals surface area (Å²) in [7, 11) is 1.33. The van der Waals surface area contributed by atoms with Crippen LogP contribution in [0.3, 0.4) is 0 Å². The Hall–Kier alpha value is -2.26. The average Bonchev–Trinajstić information content (AvgIpc) is 3.48. The van der Waals surface area contributed by atoms with E-state index in [1.54, 1.807) is 10.9 Å². The van der Waals surface area contributed by atoms with Crippen LogP contribution in [0.15, 0.2) is 17.8 Å². The maximum atomic E-state index is 13.3. The highest BCUT2D eigenvalue weighted by atomic mass is 16.5. The van der Waals surface area contributed by atoms with Crippen molar-refractivity contribution in [2.75, 3.05) is 39.8 Å². The number of ether oxygens (including phenoxy) is 1. The van der Waals surface area contributed by atoms with Crippen molar-refractivity contribution in [3.8, 4) is 0 Å². The molecule has 1 aromatic heterocycles. The molecule has 182 valence electrons. The second-order valence-electron chi connectivity index (χ2n) is 9.96. The van der Waals surface area contributed by atoms with Crippen LogP contribution in [0, 0.1) is 5.92 Å². The number of piperidine rings is 2. The summed E-state index contributed by atoms with van der Waals surface area (Å²) in [6.07, 6.45) is 10.7. The SMILES string of the molecule is COC(=O)c1cn([C@H]2C[C@@H](C(=O)NC[C@@H]3CCCN4CCCC[C@H]34)N(CC=C(C)C)C2)nn1. The quantitative estimate of drug-likeness (QED) is 0.494. The van der Waals surface area contributed by atoms with E-state index in [4.69, 9.17) is 4.74 Å². The third-order valence-corrected chi connectivity index (χ3v) is 7.46. The van der Waals surface area contributed by atoms with Crippen LogP contribution in [0.1, 0.15) is 68.9 Å². The second-order valence-corrected chi connectivity index (χ2v) is 9.96. The maximum absolute atomic E-state index is 13.3. The molecule has 3 fully saturated rings. The Labute approximate surface area is 196 Å². The first-order valence-corrected chi connectivity index (χ1v) is 12.4. The molecule has 9 nitrogen and oxygen atoms in total. The monoisotopic (exact) mass is 458 g/mol. The van der Waals surface area contributed by atoms with Crippen LogP contribution in [0.25, 0.3) is 0 Å². The van der Waals surface area contributed by atoms with Crippen LogP contribution in [0.5, 0.6) is 0 Å². The number of hydrogen-bond acceptors (Lipinski definition) is 7. The number of fused-ring (bicyclic) bond motifs is 1. The third kappa shape index (κ3) is 5.63. The lowest BCUT2D eigenvalue weighted by Gasteiger charge is -2.44. The van der Waals surface area contributed by atoms with Crippen molar-refractivity contribution < 1.29 is 14.3 Å². The highest BCUT2D eigenvalue weighted by Crippen LogP contribution is 2.31. The smallest absolute Gasteiger partial charge is 0.360 e. The van der Waals surface area contributed by atoms with E-state index in [0.717, 1.165) is 13.1 Å². The summed E-state index contributed by atoms with van der Waals surface area (Å²) in [6.45, 7) is 8.72. The molecule has 4 heterocycles. The van der Waals surface area contributed by atoms with Crippen molar-refractivity contribution >= 4 is 11.9 Å². The number of nitrogens with one attached hydrogen (secondary N) is 1. The van der Waals surface area contributed by atoms with Crippen LogP contribution in [0.4, 0.5) is 0 Å². The first kappa shape index (κ1) is 23.9. The summed E-state index contributed by atoms with van der Waals surface area (Å²) in [4.78, 5) is 29.9. The van der Waals surface area contributed by atoms with E-state index in [2.05, 4.69) is 45.4 Å². The number of nitrogens with zero attached hydrogens (tertiary/aromatic N) is 5. The summed E-state index contributed by atoms with van der Waals surface area (Å²) in [5, 5.41) is 11.4. The largest absolute Gasteiger partial charge is 0.464 e. The number of likely N-dealkylation sites (tertiary alicyclic amines) is 1. The summed E-state index contributed by atoms with van der Waals surface area (Å²) in [5.74, 6) is 0.143. The van der Waals surface area contributed by atoms with E-state index in [1.165, 1.54) is 57.9 Å². The molecule has 1 amide bonds.